The molecule has 0 heterocycles. The van der Waals surface area contributed by atoms with E-state index in [0.29, 0.717) is 19.0 Å². The van der Waals surface area contributed by atoms with Gasteiger partial charge in [0.05, 0.1) is 6.54 Å². The van der Waals surface area contributed by atoms with E-state index in [2.05, 4.69) is 55.3 Å². The molecule has 1 amide bonds. The van der Waals surface area contributed by atoms with E-state index in [4.69, 9.17) is 5.73 Å². The smallest absolute Gasteiger partial charge is 0.239 e. The lowest BCUT2D eigenvalue weighted by Crippen LogP contribution is -2.38. The number of aryl methyl sites for hydroxylation is 1. The molecule has 21 heavy (non-hydrogen) atoms. The monoisotopic (exact) mass is 291 g/mol. The molecule has 0 radical (unpaired) electrons. The Balaban J connectivity index is 2.57. The van der Waals surface area contributed by atoms with Crippen molar-refractivity contribution in [1.29, 1.82) is 0 Å². The molecule has 0 spiro atoms. The molecule has 0 bridgehead atoms. The van der Waals surface area contributed by atoms with Crippen LogP contribution in [0.3, 0.4) is 0 Å². The van der Waals surface area contributed by atoms with E-state index in [1.54, 1.807) is 0 Å². The number of carbonyl (C=O) groups excluding carboxylic acids is 1. The number of carbonyl (C=O) groups is 1. The molecule has 0 aliphatic rings. The Morgan fingerprint density at radius 1 is 1.29 bits per heavy atom. The number of nitrogens with two attached hydrogens (primary N) is 1. The molecule has 4 heteroatoms. The first kappa shape index (κ1) is 17.5. The van der Waals surface area contributed by atoms with Gasteiger partial charge in [0.1, 0.15) is 0 Å². The van der Waals surface area contributed by atoms with E-state index in [1.807, 2.05) is 0 Å². The molecule has 0 aliphatic heterocycles. The van der Waals surface area contributed by atoms with Crippen molar-refractivity contribution in [3.8, 4) is 0 Å². The van der Waals surface area contributed by atoms with E-state index in [-0.39, 0.29) is 5.91 Å². The molecule has 0 saturated heterocycles. The lowest BCUT2D eigenvalue weighted by Gasteiger charge is -2.24. The third-order valence-corrected chi connectivity index (χ3v) is 3.41. The van der Waals surface area contributed by atoms with Crippen molar-refractivity contribution < 1.29 is 4.79 Å². The number of benzene rings is 1. The number of amides is 1. The van der Waals surface area contributed by atoms with Crippen LogP contribution in [0, 0.1) is 12.8 Å². The summed E-state index contributed by atoms with van der Waals surface area (Å²) in [6.45, 7) is 8.95. The summed E-state index contributed by atoms with van der Waals surface area (Å²) in [7, 11) is 0. The molecular formula is C17H29N3O. The van der Waals surface area contributed by atoms with Crippen LogP contribution in [0.1, 0.15) is 32.3 Å². The summed E-state index contributed by atoms with van der Waals surface area (Å²) < 4.78 is 0. The first-order valence-corrected chi connectivity index (χ1v) is 7.81. The number of nitrogens with one attached hydrogen (secondary N) is 1. The predicted molar refractivity (Wildman–Crippen MR) is 89.5 cm³/mol. The summed E-state index contributed by atoms with van der Waals surface area (Å²) in [5.41, 5.74) is 7.89. The van der Waals surface area contributed by atoms with Gasteiger partial charge in [-0.3, -0.25) is 4.79 Å². The highest BCUT2D eigenvalue weighted by atomic mass is 16.2. The summed E-state index contributed by atoms with van der Waals surface area (Å²) >= 11 is 0. The van der Waals surface area contributed by atoms with Gasteiger partial charge in [0.15, 0.2) is 0 Å². The molecule has 1 aromatic rings. The molecule has 0 atom stereocenters. The van der Waals surface area contributed by atoms with E-state index >= 15 is 0 Å². The second-order valence-corrected chi connectivity index (χ2v) is 5.93. The molecule has 1 rings (SSSR count). The highest BCUT2D eigenvalue weighted by Gasteiger charge is 2.11. The maximum absolute atomic E-state index is 12.1. The molecule has 1 aromatic carbocycles. The zero-order valence-corrected chi connectivity index (χ0v) is 13.6. The second-order valence-electron chi connectivity index (χ2n) is 5.93. The van der Waals surface area contributed by atoms with Gasteiger partial charge in [-0.05, 0) is 44.4 Å². The van der Waals surface area contributed by atoms with Gasteiger partial charge in [0.2, 0.25) is 5.91 Å². The van der Waals surface area contributed by atoms with Crippen molar-refractivity contribution >= 4 is 11.6 Å². The van der Waals surface area contributed by atoms with Crippen molar-refractivity contribution in [2.24, 2.45) is 11.7 Å². The van der Waals surface area contributed by atoms with Gasteiger partial charge < -0.3 is 16.0 Å². The number of hydrogen-bond acceptors (Lipinski definition) is 3. The van der Waals surface area contributed by atoms with Crippen molar-refractivity contribution in [1.82, 2.24) is 5.32 Å². The Kier molecular flexibility index (Phi) is 7.83. The standard InChI is InChI=1S/C17H29N3O/c1-14(2)9-11-19-17(21)13-20(12-4-10-18)16-7-5-15(3)6-8-16/h5-8,14H,4,9-13,18H2,1-3H3,(H,19,21). The summed E-state index contributed by atoms with van der Waals surface area (Å²) in [5, 5.41) is 2.99. The first-order valence-electron chi connectivity index (χ1n) is 7.81. The summed E-state index contributed by atoms with van der Waals surface area (Å²) in [6, 6.07) is 8.27. The van der Waals surface area contributed by atoms with Gasteiger partial charge in [0.25, 0.3) is 0 Å². The predicted octanol–water partition coefficient (Wildman–Crippen LogP) is 2.31. The van der Waals surface area contributed by atoms with E-state index < -0.39 is 0 Å². The number of hydrogen-bond donors (Lipinski definition) is 2. The van der Waals surface area contributed by atoms with Crippen LogP contribution in [0.2, 0.25) is 0 Å². The summed E-state index contributed by atoms with van der Waals surface area (Å²) in [6.07, 6.45) is 1.90. The Morgan fingerprint density at radius 3 is 2.52 bits per heavy atom. The van der Waals surface area contributed by atoms with Crippen LogP contribution in [-0.4, -0.2) is 32.1 Å². The topological polar surface area (TPSA) is 58.4 Å². The van der Waals surface area contributed by atoms with Crippen molar-refractivity contribution in [3.05, 3.63) is 29.8 Å². The number of anilines is 1. The van der Waals surface area contributed by atoms with Crippen LogP contribution in [0.5, 0.6) is 0 Å². The van der Waals surface area contributed by atoms with Crippen molar-refractivity contribution in [2.45, 2.75) is 33.6 Å². The second kappa shape index (κ2) is 9.40. The molecule has 0 unspecified atom stereocenters. The molecule has 118 valence electrons. The van der Waals surface area contributed by atoms with Gasteiger partial charge in [-0.25, -0.2) is 0 Å². The third-order valence-electron chi connectivity index (χ3n) is 3.41. The largest absolute Gasteiger partial charge is 0.362 e. The van der Waals surface area contributed by atoms with Gasteiger partial charge in [-0.2, -0.15) is 0 Å². The molecular weight excluding hydrogens is 262 g/mol. The molecule has 0 fully saturated rings. The van der Waals surface area contributed by atoms with Gasteiger partial charge >= 0.3 is 0 Å². The van der Waals surface area contributed by atoms with Crippen molar-refractivity contribution in [2.75, 3.05) is 31.1 Å². The minimum atomic E-state index is 0.0771. The normalized spacial score (nSPS) is 10.7. The van der Waals surface area contributed by atoms with Gasteiger partial charge in [-0.15, -0.1) is 0 Å². The number of nitrogens with zero attached hydrogens (tertiary/aromatic N) is 1. The fraction of sp³-hybridized carbons (Fsp3) is 0.588. The van der Waals surface area contributed by atoms with E-state index in [9.17, 15) is 4.79 Å². The Bertz CT molecular complexity index is 415. The average molecular weight is 291 g/mol. The molecule has 4 nitrogen and oxygen atoms in total. The first-order chi connectivity index (χ1) is 10.0. The average Bonchev–Trinajstić information content (AvgIpc) is 2.44. The SMILES string of the molecule is Cc1ccc(N(CCCN)CC(=O)NCCC(C)C)cc1. The summed E-state index contributed by atoms with van der Waals surface area (Å²) in [4.78, 5) is 14.1. The Labute approximate surface area is 128 Å². The Morgan fingerprint density at radius 2 is 1.95 bits per heavy atom. The summed E-state index contributed by atoms with van der Waals surface area (Å²) in [5.74, 6) is 0.684. The van der Waals surface area contributed by atoms with E-state index in [1.165, 1.54) is 5.56 Å². The lowest BCUT2D eigenvalue weighted by atomic mass is 10.1. The maximum Gasteiger partial charge on any atom is 0.239 e. The quantitative estimate of drug-likeness (QED) is 0.734. The van der Waals surface area contributed by atoms with Crippen LogP contribution >= 0.6 is 0 Å². The fourth-order valence-electron chi connectivity index (χ4n) is 2.07. The van der Waals surface area contributed by atoms with Crippen LogP contribution in [-0.2, 0) is 4.79 Å². The highest BCUT2D eigenvalue weighted by Crippen LogP contribution is 2.15. The minimum absolute atomic E-state index is 0.0771. The van der Waals surface area contributed by atoms with Crippen LogP contribution in [0.25, 0.3) is 0 Å². The third kappa shape index (κ3) is 7.14. The number of rotatable bonds is 9. The zero-order valence-electron chi connectivity index (χ0n) is 13.6. The van der Waals surface area contributed by atoms with Crippen LogP contribution < -0.4 is 16.0 Å². The zero-order chi connectivity index (χ0) is 15.7. The van der Waals surface area contributed by atoms with Gasteiger partial charge in [-0.1, -0.05) is 31.5 Å². The fourth-order valence-corrected chi connectivity index (χ4v) is 2.07. The van der Waals surface area contributed by atoms with Crippen LogP contribution in [0.4, 0.5) is 5.69 Å². The van der Waals surface area contributed by atoms with Crippen LogP contribution in [0.15, 0.2) is 24.3 Å². The van der Waals surface area contributed by atoms with Crippen molar-refractivity contribution in [3.63, 3.8) is 0 Å². The lowest BCUT2D eigenvalue weighted by molar-refractivity contribution is -0.119. The molecule has 0 aliphatic carbocycles. The van der Waals surface area contributed by atoms with E-state index in [0.717, 1.165) is 31.6 Å². The minimum Gasteiger partial charge on any atom is -0.362 e. The molecule has 0 aromatic heterocycles. The molecule has 3 N–H and O–H groups in total. The molecule has 0 saturated carbocycles. The maximum atomic E-state index is 12.1. The highest BCUT2D eigenvalue weighted by molar-refractivity contribution is 5.81. The van der Waals surface area contributed by atoms with Gasteiger partial charge in [0, 0.05) is 18.8 Å². The Hall–Kier alpha value is -1.55.